The van der Waals surface area contributed by atoms with Crippen molar-refractivity contribution in [3.63, 3.8) is 0 Å². The Balaban J connectivity index is 1.40. The predicted octanol–water partition coefficient (Wildman–Crippen LogP) is 3.44. The van der Waals surface area contributed by atoms with Crippen LogP contribution in [-0.2, 0) is 28.5 Å². The van der Waals surface area contributed by atoms with Crippen LogP contribution in [0.2, 0.25) is 0 Å². The van der Waals surface area contributed by atoms with Crippen molar-refractivity contribution < 1.29 is 38.1 Å². The summed E-state index contributed by atoms with van der Waals surface area (Å²) < 4.78 is 29.6. The second kappa shape index (κ2) is 16.8. The van der Waals surface area contributed by atoms with Crippen LogP contribution in [0.4, 0.5) is 9.59 Å². The Labute approximate surface area is 263 Å². The van der Waals surface area contributed by atoms with Crippen molar-refractivity contribution in [1.29, 1.82) is 0 Å². The highest BCUT2D eigenvalue weighted by molar-refractivity contribution is 5.77. The van der Waals surface area contributed by atoms with E-state index in [1.54, 1.807) is 14.2 Å². The number of epoxide rings is 2. The van der Waals surface area contributed by atoms with Crippen LogP contribution in [-0.4, -0.2) is 101 Å². The highest BCUT2D eigenvalue weighted by atomic mass is 16.6. The summed E-state index contributed by atoms with van der Waals surface area (Å²) in [5.74, 6) is -0.0527. The molecule has 0 aromatic heterocycles. The van der Waals surface area contributed by atoms with E-state index in [4.69, 9.17) is 23.7 Å². The molecule has 44 heavy (non-hydrogen) atoms. The second-order valence-corrected chi connectivity index (χ2v) is 13.1. The van der Waals surface area contributed by atoms with Crippen LogP contribution in [0, 0.1) is 11.8 Å². The Bertz CT molecular complexity index is 983. The highest BCUT2D eigenvalue weighted by Gasteiger charge is 2.72. The number of amides is 3. The monoisotopic (exact) mass is 624 g/mol. The molecule has 0 bridgehead atoms. The van der Waals surface area contributed by atoms with Gasteiger partial charge in [-0.15, -0.1) is 0 Å². The molecule has 3 rings (SSSR count). The van der Waals surface area contributed by atoms with E-state index < -0.39 is 29.9 Å². The number of ether oxygens (including phenoxy) is 5. The highest BCUT2D eigenvalue weighted by Crippen LogP contribution is 2.59. The number of hydrogen-bond acceptors (Lipinski definition) is 9. The van der Waals surface area contributed by atoms with Crippen molar-refractivity contribution in [2.75, 3.05) is 47.0 Å². The first kappa shape index (κ1) is 36.1. The summed E-state index contributed by atoms with van der Waals surface area (Å²) in [5.41, 5.74) is 0.547. The van der Waals surface area contributed by atoms with E-state index in [0.29, 0.717) is 32.7 Å². The van der Waals surface area contributed by atoms with E-state index in [1.165, 1.54) is 5.57 Å². The van der Waals surface area contributed by atoms with Crippen LogP contribution in [0.1, 0.15) is 79.6 Å². The van der Waals surface area contributed by atoms with E-state index in [0.717, 1.165) is 38.5 Å². The smallest absolute Gasteiger partial charge is 0.407 e. The number of unbranched alkanes of at least 4 members (excludes halogenated alkanes) is 3. The van der Waals surface area contributed by atoms with Gasteiger partial charge in [-0.1, -0.05) is 38.3 Å². The number of alkyl carbamates (subject to hydrolysis) is 2. The summed E-state index contributed by atoms with van der Waals surface area (Å²) in [5, 5.41) is 11.3. The zero-order valence-corrected chi connectivity index (χ0v) is 27.8. The van der Waals surface area contributed by atoms with Gasteiger partial charge in [-0.25, -0.2) is 9.59 Å². The van der Waals surface area contributed by atoms with E-state index in [2.05, 4.69) is 48.1 Å². The van der Waals surface area contributed by atoms with Crippen LogP contribution in [0.25, 0.3) is 0 Å². The van der Waals surface area contributed by atoms with E-state index in [-0.39, 0.29) is 42.2 Å². The van der Waals surface area contributed by atoms with Crippen molar-refractivity contribution in [1.82, 2.24) is 21.3 Å². The van der Waals surface area contributed by atoms with Crippen LogP contribution >= 0.6 is 0 Å². The molecule has 1 spiro atoms. The number of methoxy groups -OCH3 is 1. The summed E-state index contributed by atoms with van der Waals surface area (Å²) in [6.45, 7) is 12.3. The Morgan fingerprint density at radius 2 is 1.73 bits per heavy atom. The van der Waals surface area contributed by atoms with Gasteiger partial charge in [0.2, 0.25) is 5.91 Å². The number of nitrogens with one attached hydrogen (secondary N) is 4. The number of hydrogen-bond donors (Lipinski definition) is 4. The van der Waals surface area contributed by atoms with E-state index >= 15 is 0 Å². The third kappa shape index (κ3) is 10.3. The molecular formula is C32H56N4O8. The zero-order valence-electron chi connectivity index (χ0n) is 27.8. The summed E-state index contributed by atoms with van der Waals surface area (Å²) in [7, 11) is 3.39. The van der Waals surface area contributed by atoms with Crippen molar-refractivity contribution in [3.05, 3.63) is 11.6 Å². The first-order valence-electron chi connectivity index (χ1n) is 16.2. The maximum absolute atomic E-state index is 13.1. The molecule has 1 saturated carbocycles. The molecule has 2 saturated heterocycles. The molecule has 7 atom stereocenters. The number of likely N-dealkylation sites (N-methyl/N-ethyl adjacent to an activating group) is 1. The maximum atomic E-state index is 13.1. The Morgan fingerprint density at radius 1 is 1.05 bits per heavy atom. The summed E-state index contributed by atoms with van der Waals surface area (Å²) in [6.07, 6.45) is 6.20. The number of rotatable bonds is 18. The third-order valence-electron chi connectivity index (χ3n) is 9.03. The van der Waals surface area contributed by atoms with Crippen LogP contribution in [0.5, 0.6) is 0 Å². The van der Waals surface area contributed by atoms with E-state index in [9.17, 15) is 14.4 Å². The number of carbonyl (C=O) groups excluding carboxylic acids is 3. The molecule has 3 aliphatic rings. The van der Waals surface area contributed by atoms with Gasteiger partial charge in [0.25, 0.3) is 0 Å². The van der Waals surface area contributed by atoms with Gasteiger partial charge < -0.3 is 45.0 Å². The molecule has 0 aromatic carbocycles. The minimum Gasteiger partial charge on any atom is -0.447 e. The van der Waals surface area contributed by atoms with Crippen molar-refractivity contribution in [3.8, 4) is 0 Å². The Hall–Kier alpha value is -2.41. The van der Waals surface area contributed by atoms with Crippen LogP contribution < -0.4 is 21.3 Å². The molecule has 2 heterocycles. The van der Waals surface area contributed by atoms with Gasteiger partial charge in [0, 0.05) is 20.2 Å². The molecule has 12 heteroatoms. The molecule has 3 amide bonds. The topological polar surface area (TPSA) is 152 Å². The van der Waals surface area contributed by atoms with Gasteiger partial charge in [0.05, 0.1) is 31.2 Å². The molecule has 0 radical (unpaired) electrons. The minimum atomic E-state index is -0.559. The zero-order chi connectivity index (χ0) is 32.3. The Kier molecular flexibility index (Phi) is 13.7. The first-order valence-corrected chi connectivity index (χ1v) is 16.2. The lowest BCUT2D eigenvalue weighted by Gasteiger charge is -2.42. The molecule has 252 valence electrons. The van der Waals surface area contributed by atoms with Gasteiger partial charge in [0.1, 0.15) is 30.0 Å². The van der Waals surface area contributed by atoms with Gasteiger partial charge in [0.15, 0.2) is 0 Å². The lowest BCUT2D eigenvalue weighted by molar-refractivity contribution is -0.120. The van der Waals surface area contributed by atoms with Crippen LogP contribution in [0.15, 0.2) is 11.6 Å². The average Bonchev–Trinajstić information content (AvgIpc) is 3.88. The van der Waals surface area contributed by atoms with Gasteiger partial charge in [-0.05, 0) is 65.8 Å². The Morgan fingerprint density at radius 3 is 2.32 bits per heavy atom. The predicted molar refractivity (Wildman–Crippen MR) is 166 cm³/mol. The van der Waals surface area contributed by atoms with Crippen molar-refractivity contribution in [2.24, 2.45) is 11.8 Å². The number of carbonyl (C=O) groups is 3. The van der Waals surface area contributed by atoms with Crippen molar-refractivity contribution in [2.45, 2.75) is 115 Å². The molecule has 4 N–H and O–H groups in total. The minimum absolute atomic E-state index is 0.00945. The molecule has 0 aromatic rings. The fourth-order valence-electron chi connectivity index (χ4n) is 6.26. The molecule has 12 nitrogen and oxygen atoms in total. The lowest BCUT2D eigenvalue weighted by atomic mass is 9.68. The summed E-state index contributed by atoms with van der Waals surface area (Å²) in [4.78, 5) is 36.7. The van der Waals surface area contributed by atoms with Gasteiger partial charge in [-0.2, -0.15) is 0 Å². The van der Waals surface area contributed by atoms with Crippen molar-refractivity contribution >= 4 is 18.1 Å². The first-order chi connectivity index (χ1) is 21.0. The maximum Gasteiger partial charge on any atom is 0.407 e. The lowest BCUT2D eigenvalue weighted by Crippen LogP contribution is -2.56. The normalized spacial score (nSPS) is 29.5. The fraction of sp³-hybridized carbons (Fsp3) is 0.844. The molecular weight excluding hydrogens is 568 g/mol. The summed E-state index contributed by atoms with van der Waals surface area (Å²) >= 11 is 0. The largest absolute Gasteiger partial charge is 0.447 e. The molecule has 3 fully saturated rings. The molecule has 1 aliphatic carbocycles. The molecule has 2 aliphatic heterocycles. The van der Waals surface area contributed by atoms with E-state index in [1.807, 2.05) is 13.8 Å². The SMILES string of the molecule is CNCC(=O)NCCCCCCNC(=O)OC[C@H](NC(=O)OC1CC[C@]2(CO2)C([C@]2(C)OC2CC=C(C)C)C1OC)C(C)C. The molecule has 4 unspecified atom stereocenters. The second-order valence-electron chi connectivity index (χ2n) is 13.1. The van der Waals surface area contributed by atoms with Gasteiger partial charge in [-0.3, -0.25) is 4.79 Å². The quantitative estimate of drug-likeness (QED) is 0.102. The standard InChI is InChI=1S/C32H56N4O8/c1-21(2)12-13-25-31(5,44-25)28-27(40-7)24(14-15-32(28)20-42-32)43-30(39)36-23(22(3)4)19-41-29(38)35-17-11-9-8-10-16-34-26(37)18-33-6/h12,22-25,27-28,33H,8-11,13-20H2,1-7H3,(H,34,37)(H,35,38)(H,36,39)/t23-,24?,25?,27?,28?,31+,32-/m0/s1. The average molecular weight is 625 g/mol. The van der Waals surface area contributed by atoms with Gasteiger partial charge >= 0.3 is 12.2 Å². The number of allylic oxidation sites excluding steroid dienone is 1. The third-order valence-corrected chi connectivity index (χ3v) is 9.03. The van der Waals surface area contributed by atoms with Crippen LogP contribution in [0.3, 0.4) is 0 Å². The summed E-state index contributed by atoms with van der Waals surface area (Å²) in [6, 6.07) is -0.414. The fourth-order valence-corrected chi connectivity index (χ4v) is 6.26.